The van der Waals surface area contributed by atoms with Crippen LogP contribution in [0.1, 0.15) is 30.7 Å². The summed E-state index contributed by atoms with van der Waals surface area (Å²) >= 11 is 5.67. The van der Waals surface area contributed by atoms with E-state index in [0.29, 0.717) is 27.6 Å². The van der Waals surface area contributed by atoms with Crippen LogP contribution in [0.5, 0.6) is 11.5 Å². The molecular weight excluding hydrogens is 362 g/mol. The van der Waals surface area contributed by atoms with Gasteiger partial charge in [-0.15, -0.1) is 0 Å². The van der Waals surface area contributed by atoms with E-state index in [2.05, 4.69) is 4.98 Å². The quantitative estimate of drug-likeness (QED) is 0.626. The second-order valence-corrected chi connectivity index (χ2v) is 6.32. The fourth-order valence-electron chi connectivity index (χ4n) is 1.84. The van der Waals surface area contributed by atoms with Crippen molar-refractivity contribution in [2.75, 3.05) is 0 Å². The molecule has 0 atom stereocenters. The minimum absolute atomic E-state index is 0.0379. The molecule has 0 saturated carbocycles. The van der Waals surface area contributed by atoms with Crippen LogP contribution in [0.4, 0.5) is 0 Å². The van der Waals surface area contributed by atoms with Crippen LogP contribution in [0.2, 0.25) is 5.02 Å². The maximum atomic E-state index is 10.7. The summed E-state index contributed by atoms with van der Waals surface area (Å²) in [6.45, 7) is 4.10. The summed E-state index contributed by atoms with van der Waals surface area (Å²) < 4.78 is 5.26. The highest BCUT2D eigenvalue weighted by molar-refractivity contribution is 6.30. The second kappa shape index (κ2) is 9.38. The zero-order valence-corrected chi connectivity index (χ0v) is 15.5. The molecule has 0 aliphatic heterocycles. The van der Waals surface area contributed by atoms with Crippen LogP contribution in [0.15, 0.2) is 30.5 Å². The molecule has 0 saturated heterocycles. The molecule has 7 nitrogen and oxygen atoms in total. The number of aromatic hydroxyl groups is 1. The molecule has 0 aliphatic carbocycles. The Hall–Kier alpha value is -2.35. The minimum Gasteiger partial charge on any atom is -0.506 e. The zero-order valence-electron chi connectivity index (χ0n) is 14.7. The summed E-state index contributed by atoms with van der Waals surface area (Å²) in [6, 6.07) is 6.56. The molecule has 0 fully saturated rings. The van der Waals surface area contributed by atoms with Gasteiger partial charge in [0.25, 0.3) is 0 Å². The molecule has 0 aliphatic rings. The predicted octanol–water partition coefficient (Wildman–Crippen LogP) is 2.66. The number of aromatic nitrogens is 1. The number of aliphatic carboxylic acids is 1. The maximum absolute atomic E-state index is 10.7. The van der Waals surface area contributed by atoms with Gasteiger partial charge >= 0.3 is 5.97 Å². The molecule has 0 unspecified atom stereocenters. The zero-order chi connectivity index (χ0) is 19.9. The number of nitrogens with zero attached hydrogens (tertiary/aromatic N) is 1. The van der Waals surface area contributed by atoms with Gasteiger partial charge in [-0.1, -0.05) is 11.6 Å². The van der Waals surface area contributed by atoms with Crippen molar-refractivity contribution in [3.05, 3.63) is 52.3 Å². The lowest BCUT2D eigenvalue weighted by Gasteiger charge is -2.21. The van der Waals surface area contributed by atoms with Crippen molar-refractivity contribution in [1.29, 1.82) is 0 Å². The first-order chi connectivity index (χ1) is 12.1. The molecule has 1 heterocycles. The molecule has 8 heteroatoms. The van der Waals surface area contributed by atoms with Crippen molar-refractivity contribution in [2.45, 2.75) is 39.6 Å². The SMILES string of the molecule is CC(C)(Oc1ccc(Cl)cc1)C(=O)O.Cc1ncc(CO)c(CO)c1O. The smallest absolute Gasteiger partial charge is 0.347 e. The summed E-state index contributed by atoms with van der Waals surface area (Å²) in [7, 11) is 0. The largest absolute Gasteiger partial charge is 0.506 e. The van der Waals surface area contributed by atoms with Crippen molar-refractivity contribution in [3.63, 3.8) is 0 Å². The van der Waals surface area contributed by atoms with Gasteiger partial charge in [0.2, 0.25) is 0 Å². The Morgan fingerprint density at radius 1 is 1.19 bits per heavy atom. The summed E-state index contributed by atoms with van der Waals surface area (Å²) in [4.78, 5) is 14.6. The highest BCUT2D eigenvalue weighted by Crippen LogP contribution is 2.23. The van der Waals surface area contributed by atoms with E-state index in [9.17, 15) is 9.90 Å². The van der Waals surface area contributed by atoms with E-state index < -0.39 is 11.6 Å². The molecule has 142 valence electrons. The molecule has 2 aromatic rings. The minimum atomic E-state index is -1.23. The third kappa shape index (κ3) is 5.87. The first kappa shape index (κ1) is 21.7. The number of ether oxygens (including phenoxy) is 1. The van der Waals surface area contributed by atoms with Gasteiger partial charge < -0.3 is 25.2 Å². The third-order valence-electron chi connectivity index (χ3n) is 3.46. The number of hydrogen-bond donors (Lipinski definition) is 4. The number of carboxylic acid groups (broad SMARTS) is 1. The van der Waals surface area contributed by atoms with Gasteiger partial charge in [-0.2, -0.15) is 0 Å². The molecule has 1 aromatic heterocycles. The van der Waals surface area contributed by atoms with E-state index in [-0.39, 0.29) is 19.0 Å². The molecule has 2 rings (SSSR count). The van der Waals surface area contributed by atoms with E-state index in [0.717, 1.165) is 0 Å². The monoisotopic (exact) mass is 383 g/mol. The molecule has 0 spiro atoms. The number of aryl methyl sites for hydroxylation is 1. The van der Waals surface area contributed by atoms with Gasteiger partial charge in [0.15, 0.2) is 5.60 Å². The Balaban J connectivity index is 0.000000263. The number of aliphatic hydroxyl groups excluding tert-OH is 2. The summed E-state index contributed by atoms with van der Waals surface area (Å²) in [5, 5.41) is 36.4. The molecule has 4 N–H and O–H groups in total. The van der Waals surface area contributed by atoms with Crippen molar-refractivity contribution >= 4 is 17.6 Å². The molecule has 0 bridgehead atoms. The second-order valence-electron chi connectivity index (χ2n) is 5.88. The van der Waals surface area contributed by atoms with Crippen molar-refractivity contribution in [3.8, 4) is 11.5 Å². The Bertz CT molecular complexity index is 746. The van der Waals surface area contributed by atoms with E-state index in [1.165, 1.54) is 20.0 Å². The van der Waals surface area contributed by atoms with Crippen LogP contribution < -0.4 is 4.74 Å². The average molecular weight is 384 g/mol. The number of pyridine rings is 1. The lowest BCUT2D eigenvalue weighted by molar-refractivity contribution is -0.152. The first-order valence-corrected chi connectivity index (χ1v) is 8.06. The van der Waals surface area contributed by atoms with Crippen molar-refractivity contribution in [1.82, 2.24) is 4.98 Å². The standard InChI is InChI=1S/C10H11ClO3.C8H11NO3/c1-10(2,9(12)13)14-8-5-3-7(11)4-6-8;1-5-8(12)7(4-11)6(3-10)2-9-5/h3-6H,1-2H3,(H,12,13);2,10-12H,3-4H2,1H3. The highest BCUT2D eigenvalue weighted by atomic mass is 35.5. The van der Waals surface area contributed by atoms with Crippen LogP contribution in [0, 0.1) is 6.92 Å². The van der Waals surface area contributed by atoms with Gasteiger partial charge in [-0.25, -0.2) is 4.79 Å². The van der Waals surface area contributed by atoms with E-state index in [1.54, 1.807) is 31.2 Å². The van der Waals surface area contributed by atoms with Crippen LogP contribution in [0.25, 0.3) is 0 Å². The number of rotatable bonds is 5. The molecule has 0 amide bonds. The van der Waals surface area contributed by atoms with Crippen molar-refractivity contribution in [2.24, 2.45) is 0 Å². The number of carboxylic acids is 1. The van der Waals surface area contributed by atoms with Crippen LogP contribution >= 0.6 is 11.6 Å². The fourth-order valence-corrected chi connectivity index (χ4v) is 1.96. The number of aliphatic hydroxyl groups is 2. The fraction of sp³-hybridized carbons (Fsp3) is 0.333. The first-order valence-electron chi connectivity index (χ1n) is 7.68. The van der Waals surface area contributed by atoms with Gasteiger partial charge in [0, 0.05) is 22.3 Å². The summed E-state index contributed by atoms with van der Waals surface area (Å²) in [5.74, 6) is -0.557. The van der Waals surface area contributed by atoms with Gasteiger partial charge in [0.1, 0.15) is 11.5 Å². The third-order valence-corrected chi connectivity index (χ3v) is 3.71. The average Bonchev–Trinajstić information content (AvgIpc) is 2.59. The lowest BCUT2D eigenvalue weighted by Crippen LogP contribution is -2.37. The molecule has 26 heavy (non-hydrogen) atoms. The van der Waals surface area contributed by atoms with E-state index in [4.69, 9.17) is 31.7 Å². The highest BCUT2D eigenvalue weighted by Gasteiger charge is 2.29. The Morgan fingerprint density at radius 2 is 1.77 bits per heavy atom. The van der Waals surface area contributed by atoms with Gasteiger partial charge in [0.05, 0.1) is 18.9 Å². The Labute approximate surface area is 156 Å². The van der Waals surface area contributed by atoms with Gasteiger partial charge in [-0.3, -0.25) is 4.98 Å². The maximum Gasteiger partial charge on any atom is 0.347 e. The van der Waals surface area contributed by atoms with Crippen molar-refractivity contribution < 1.29 is 30.0 Å². The topological polar surface area (TPSA) is 120 Å². The van der Waals surface area contributed by atoms with Gasteiger partial charge in [-0.05, 0) is 45.0 Å². The Kier molecular flexibility index (Phi) is 7.82. The van der Waals surface area contributed by atoms with Crippen LogP contribution in [-0.4, -0.2) is 37.0 Å². The number of benzene rings is 1. The number of carbonyl (C=O) groups is 1. The van der Waals surface area contributed by atoms with E-state index >= 15 is 0 Å². The molecular formula is C18H22ClNO6. The summed E-state index contributed by atoms with van der Waals surface area (Å²) in [5.41, 5.74) is 0.0373. The molecule has 1 aromatic carbocycles. The number of halogens is 1. The van der Waals surface area contributed by atoms with Crippen LogP contribution in [-0.2, 0) is 18.0 Å². The van der Waals surface area contributed by atoms with E-state index in [1.807, 2.05) is 0 Å². The predicted molar refractivity (Wildman–Crippen MR) is 96.3 cm³/mol. The molecule has 0 radical (unpaired) electrons. The Morgan fingerprint density at radius 3 is 2.23 bits per heavy atom. The number of hydrogen-bond acceptors (Lipinski definition) is 6. The normalized spacial score (nSPS) is 10.7. The lowest BCUT2D eigenvalue weighted by atomic mass is 10.1. The van der Waals surface area contributed by atoms with Crippen LogP contribution in [0.3, 0.4) is 0 Å². The summed E-state index contributed by atoms with van der Waals surface area (Å²) in [6.07, 6.45) is 1.45.